The molecule has 0 bridgehead atoms. The van der Waals surface area contributed by atoms with Gasteiger partial charge in [-0.15, -0.1) is 11.3 Å². The lowest BCUT2D eigenvalue weighted by molar-refractivity contribution is 1.42. The van der Waals surface area contributed by atoms with E-state index in [4.69, 9.17) is 0 Å². The molecular weight excluding hydrogens is 354 g/mol. The number of halogens is 1. The number of H-pyrrole nitrogens is 1. The summed E-state index contributed by atoms with van der Waals surface area (Å²) in [6.07, 6.45) is 6.20. The van der Waals surface area contributed by atoms with Crippen molar-refractivity contribution < 1.29 is 0 Å². The van der Waals surface area contributed by atoms with E-state index in [0.29, 0.717) is 0 Å². The van der Waals surface area contributed by atoms with Gasteiger partial charge in [0.15, 0.2) is 0 Å². The van der Waals surface area contributed by atoms with Crippen LogP contribution in [0.15, 0.2) is 49.1 Å². The van der Waals surface area contributed by atoms with E-state index in [2.05, 4.69) is 76.0 Å². The molecule has 4 aromatic rings. The third kappa shape index (κ3) is 1.97. The third-order valence-corrected chi connectivity index (χ3v) is 5.53. The molecular formula is C19H14BrNS. The SMILES string of the molecule is C=Cc1[nH]c2ccc3c4ccccc4sc3c2c1/C=C\CBr. The highest BCUT2D eigenvalue weighted by Crippen LogP contribution is 2.40. The van der Waals surface area contributed by atoms with Crippen molar-refractivity contribution in [2.45, 2.75) is 0 Å². The molecule has 4 rings (SSSR count). The maximum Gasteiger partial charge on any atom is 0.0479 e. The van der Waals surface area contributed by atoms with Crippen LogP contribution in [0.25, 0.3) is 43.2 Å². The number of nitrogens with one attached hydrogen (secondary N) is 1. The molecule has 0 aliphatic rings. The van der Waals surface area contributed by atoms with Crippen molar-refractivity contribution in [1.82, 2.24) is 4.98 Å². The van der Waals surface area contributed by atoms with Gasteiger partial charge < -0.3 is 4.98 Å². The fourth-order valence-corrected chi connectivity index (χ4v) is 4.46. The topological polar surface area (TPSA) is 15.8 Å². The lowest BCUT2D eigenvalue weighted by Gasteiger charge is -1.97. The van der Waals surface area contributed by atoms with E-state index in [-0.39, 0.29) is 0 Å². The third-order valence-electron chi connectivity index (χ3n) is 3.95. The molecule has 0 saturated heterocycles. The van der Waals surface area contributed by atoms with E-state index < -0.39 is 0 Å². The van der Waals surface area contributed by atoms with Crippen LogP contribution in [0, 0.1) is 0 Å². The number of benzene rings is 2. The number of aromatic nitrogens is 1. The monoisotopic (exact) mass is 367 g/mol. The summed E-state index contributed by atoms with van der Waals surface area (Å²) < 4.78 is 2.68. The zero-order valence-corrected chi connectivity index (χ0v) is 14.3. The fraction of sp³-hybridized carbons (Fsp3) is 0.0526. The van der Waals surface area contributed by atoms with Crippen molar-refractivity contribution >= 4 is 70.5 Å². The molecule has 0 fully saturated rings. The molecule has 2 heterocycles. The van der Waals surface area contributed by atoms with Gasteiger partial charge in [0.1, 0.15) is 0 Å². The Kier molecular flexibility index (Phi) is 3.40. The van der Waals surface area contributed by atoms with Crippen LogP contribution in [0.1, 0.15) is 11.3 Å². The molecule has 0 atom stereocenters. The molecule has 0 aliphatic heterocycles. The number of rotatable bonds is 3. The Labute approximate surface area is 141 Å². The van der Waals surface area contributed by atoms with Crippen LogP contribution >= 0.6 is 27.3 Å². The molecule has 2 aromatic heterocycles. The van der Waals surface area contributed by atoms with Gasteiger partial charge in [0.2, 0.25) is 0 Å². The molecule has 0 saturated carbocycles. The van der Waals surface area contributed by atoms with Gasteiger partial charge in [-0.2, -0.15) is 0 Å². The maximum absolute atomic E-state index is 3.94. The van der Waals surface area contributed by atoms with Crippen molar-refractivity contribution in [1.29, 1.82) is 0 Å². The van der Waals surface area contributed by atoms with Gasteiger partial charge in [-0.25, -0.2) is 0 Å². The van der Waals surface area contributed by atoms with E-state index in [0.717, 1.165) is 11.0 Å². The Morgan fingerprint density at radius 3 is 2.82 bits per heavy atom. The molecule has 0 radical (unpaired) electrons. The second-order valence-electron chi connectivity index (χ2n) is 5.18. The van der Waals surface area contributed by atoms with E-state index >= 15 is 0 Å². The van der Waals surface area contributed by atoms with Gasteiger partial charge in [-0.05, 0) is 18.2 Å². The smallest absolute Gasteiger partial charge is 0.0479 e. The van der Waals surface area contributed by atoms with Crippen molar-refractivity contribution in [3.05, 3.63) is 60.3 Å². The molecule has 1 nitrogen and oxygen atoms in total. The number of fused-ring (bicyclic) bond motifs is 5. The van der Waals surface area contributed by atoms with Crippen LogP contribution in [0.3, 0.4) is 0 Å². The summed E-state index contributed by atoms with van der Waals surface area (Å²) >= 11 is 5.33. The molecule has 22 heavy (non-hydrogen) atoms. The molecule has 3 heteroatoms. The predicted molar refractivity (Wildman–Crippen MR) is 104 cm³/mol. The summed E-state index contributed by atoms with van der Waals surface area (Å²) in [6, 6.07) is 13.0. The van der Waals surface area contributed by atoms with Crippen molar-refractivity contribution in [2.75, 3.05) is 5.33 Å². The summed E-state index contributed by atoms with van der Waals surface area (Å²) in [5.74, 6) is 0. The van der Waals surface area contributed by atoms with Gasteiger partial charge in [-0.3, -0.25) is 0 Å². The molecule has 0 amide bonds. The molecule has 1 N–H and O–H groups in total. The summed E-state index contributed by atoms with van der Waals surface area (Å²) in [7, 11) is 0. The van der Waals surface area contributed by atoms with Crippen LogP contribution < -0.4 is 0 Å². The van der Waals surface area contributed by atoms with Gasteiger partial charge in [0.25, 0.3) is 0 Å². The van der Waals surface area contributed by atoms with E-state index in [1.54, 1.807) is 0 Å². The lowest BCUT2D eigenvalue weighted by Crippen LogP contribution is -1.75. The first-order valence-corrected chi connectivity index (χ1v) is 9.08. The number of alkyl halides is 1. The largest absolute Gasteiger partial charge is 0.354 e. The number of allylic oxidation sites excluding steroid dienone is 1. The van der Waals surface area contributed by atoms with Crippen molar-refractivity contribution in [2.24, 2.45) is 0 Å². The fourth-order valence-electron chi connectivity index (χ4n) is 3.00. The normalized spacial score (nSPS) is 12.0. The van der Waals surface area contributed by atoms with E-state index in [1.807, 2.05) is 17.4 Å². The highest BCUT2D eigenvalue weighted by molar-refractivity contribution is 9.09. The van der Waals surface area contributed by atoms with Crippen LogP contribution in [-0.4, -0.2) is 10.3 Å². The average molecular weight is 368 g/mol. The molecule has 0 spiro atoms. The first-order valence-electron chi connectivity index (χ1n) is 7.14. The highest BCUT2D eigenvalue weighted by Gasteiger charge is 2.14. The van der Waals surface area contributed by atoms with Crippen molar-refractivity contribution in [3.8, 4) is 0 Å². The van der Waals surface area contributed by atoms with Gasteiger partial charge >= 0.3 is 0 Å². The van der Waals surface area contributed by atoms with Crippen molar-refractivity contribution in [3.63, 3.8) is 0 Å². The quantitative estimate of drug-likeness (QED) is 0.393. The molecule has 108 valence electrons. The van der Waals surface area contributed by atoms with Crippen LogP contribution in [-0.2, 0) is 0 Å². The Hall–Kier alpha value is -1.84. The molecule has 0 aliphatic carbocycles. The first-order chi connectivity index (χ1) is 10.8. The predicted octanol–water partition coefficient (Wildman–Crippen LogP) is 6.59. The number of aromatic amines is 1. The summed E-state index contributed by atoms with van der Waals surface area (Å²) in [4.78, 5) is 3.48. The van der Waals surface area contributed by atoms with Gasteiger partial charge in [0, 0.05) is 47.7 Å². The zero-order valence-electron chi connectivity index (χ0n) is 11.9. The minimum Gasteiger partial charge on any atom is -0.354 e. The average Bonchev–Trinajstić information content (AvgIpc) is 3.10. The van der Waals surface area contributed by atoms with Gasteiger partial charge in [-0.1, -0.05) is 58.9 Å². The maximum atomic E-state index is 3.94. The number of hydrogen-bond donors (Lipinski definition) is 1. The Bertz CT molecular complexity index is 1040. The number of thiophene rings is 1. The van der Waals surface area contributed by atoms with Crippen LogP contribution in [0.4, 0.5) is 0 Å². The van der Waals surface area contributed by atoms with Crippen LogP contribution in [0.5, 0.6) is 0 Å². The molecule has 2 aromatic carbocycles. The lowest BCUT2D eigenvalue weighted by atomic mass is 10.1. The van der Waals surface area contributed by atoms with E-state index in [9.17, 15) is 0 Å². The number of hydrogen-bond acceptors (Lipinski definition) is 1. The van der Waals surface area contributed by atoms with Gasteiger partial charge in [0.05, 0.1) is 0 Å². The van der Waals surface area contributed by atoms with E-state index in [1.165, 1.54) is 36.6 Å². The second-order valence-corrected chi connectivity index (χ2v) is 6.88. The summed E-state index contributed by atoms with van der Waals surface area (Å²) in [5, 5.41) is 4.81. The minimum atomic E-state index is 0.846. The van der Waals surface area contributed by atoms with Crippen LogP contribution in [0.2, 0.25) is 0 Å². The molecule has 0 unspecified atom stereocenters. The summed E-state index contributed by atoms with van der Waals surface area (Å²) in [5.41, 5.74) is 3.47. The second kappa shape index (κ2) is 5.41. The standard InChI is InChI=1S/C19H14BrNS/c1-2-15-14(7-5-11-20)18-16(21-15)10-9-13-12-6-3-4-8-17(12)22-19(13)18/h2-10,21H,1,11H2/b7-5-. The minimum absolute atomic E-state index is 0.846. The zero-order chi connectivity index (χ0) is 15.1. The summed E-state index contributed by atoms with van der Waals surface area (Å²) in [6.45, 7) is 3.94. The Morgan fingerprint density at radius 1 is 1.14 bits per heavy atom. The Balaban J connectivity index is 2.19. The first kappa shape index (κ1) is 13.8. The Morgan fingerprint density at radius 2 is 2.00 bits per heavy atom. The highest BCUT2D eigenvalue weighted by atomic mass is 79.9.